The van der Waals surface area contributed by atoms with Crippen molar-refractivity contribution in [2.45, 2.75) is 39.7 Å². The second kappa shape index (κ2) is 5.25. The second-order valence-corrected chi connectivity index (χ2v) is 6.49. The number of aryl methyl sites for hydroxylation is 2. The lowest BCUT2D eigenvalue weighted by Crippen LogP contribution is -2.11. The van der Waals surface area contributed by atoms with Crippen molar-refractivity contribution in [1.82, 2.24) is 0 Å². The van der Waals surface area contributed by atoms with Crippen molar-refractivity contribution in [2.75, 3.05) is 0 Å². The van der Waals surface area contributed by atoms with Crippen molar-refractivity contribution in [2.24, 2.45) is 5.73 Å². The minimum absolute atomic E-state index is 0.00455. The van der Waals surface area contributed by atoms with Crippen LogP contribution in [0.25, 0.3) is 0 Å². The van der Waals surface area contributed by atoms with Crippen LogP contribution in [0.3, 0.4) is 0 Å². The zero-order chi connectivity index (χ0) is 13.3. The molecule has 1 unspecified atom stereocenters. The molecule has 2 aromatic rings. The SMILES string of the molecule is Cc1cc(C)c(C(N)c2ccc(C(C)C)cc2)s1. The lowest BCUT2D eigenvalue weighted by atomic mass is 9.98. The number of thiophene rings is 1. The average molecular weight is 259 g/mol. The van der Waals surface area contributed by atoms with E-state index in [0.29, 0.717) is 5.92 Å². The van der Waals surface area contributed by atoms with Gasteiger partial charge in [0.1, 0.15) is 0 Å². The van der Waals surface area contributed by atoms with E-state index in [1.807, 2.05) is 0 Å². The maximum atomic E-state index is 6.37. The summed E-state index contributed by atoms with van der Waals surface area (Å²) < 4.78 is 0. The Morgan fingerprint density at radius 3 is 2.00 bits per heavy atom. The van der Waals surface area contributed by atoms with Crippen LogP contribution in [0, 0.1) is 13.8 Å². The van der Waals surface area contributed by atoms with Gasteiger partial charge in [0, 0.05) is 9.75 Å². The molecule has 1 atom stereocenters. The van der Waals surface area contributed by atoms with Gasteiger partial charge in [0.25, 0.3) is 0 Å². The maximum Gasteiger partial charge on any atom is 0.0648 e. The molecule has 0 spiro atoms. The van der Waals surface area contributed by atoms with Gasteiger partial charge in [-0.2, -0.15) is 0 Å². The zero-order valence-corrected chi connectivity index (χ0v) is 12.3. The van der Waals surface area contributed by atoms with E-state index in [9.17, 15) is 0 Å². The molecule has 0 fully saturated rings. The van der Waals surface area contributed by atoms with E-state index < -0.39 is 0 Å². The Labute approximate surface area is 114 Å². The van der Waals surface area contributed by atoms with Gasteiger partial charge >= 0.3 is 0 Å². The minimum atomic E-state index is 0.00455. The predicted molar refractivity (Wildman–Crippen MR) is 80.4 cm³/mol. The normalized spacial score (nSPS) is 13.0. The molecule has 0 aliphatic carbocycles. The first-order valence-electron chi connectivity index (χ1n) is 6.41. The summed E-state index contributed by atoms with van der Waals surface area (Å²) in [6.07, 6.45) is 0. The highest BCUT2D eigenvalue weighted by Crippen LogP contribution is 2.30. The van der Waals surface area contributed by atoms with Crippen molar-refractivity contribution in [3.8, 4) is 0 Å². The van der Waals surface area contributed by atoms with Crippen LogP contribution >= 0.6 is 11.3 Å². The van der Waals surface area contributed by atoms with Crippen LogP contribution in [0.4, 0.5) is 0 Å². The highest BCUT2D eigenvalue weighted by molar-refractivity contribution is 7.12. The standard InChI is InChI=1S/C16H21NS/c1-10(2)13-5-7-14(8-6-13)15(17)16-11(3)9-12(4)18-16/h5-10,15H,17H2,1-4H3. The Morgan fingerprint density at radius 2 is 1.56 bits per heavy atom. The van der Waals surface area contributed by atoms with E-state index in [2.05, 4.69) is 58.0 Å². The highest BCUT2D eigenvalue weighted by Gasteiger charge is 2.14. The van der Waals surface area contributed by atoms with Gasteiger partial charge in [-0.25, -0.2) is 0 Å². The zero-order valence-electron chi connectivity index (χ0n) is 11.5. The summed E-state index contributed by atoms with van der Waals surface area (Å²) >= 11 is 1.80. The molecule has 2 N–H and O–H groups in total. The van der Waals surface area contributed by atoms with Gasteiger partial charge < -0.3 is 5.73 Å². The van der Waals surface area contributed by atoms with Crippen LogP contribution in [-0.4, -0.2) is 0 Å². The van der Waals surface area contributed by atoms with Gasteiger partial charge in [-0.1, -0.05) is 38.1 Å². The monoisotopic (exact) mass is 259 g/mol. The van der Waals surface area contributed by atoms with Crippen molar-refractivity contribution >= 4 is 11.3 Å². The smallest absolute Gasteiger partial charge is 0.0648 e. The predicted octanol–water partition coefficient (Wildman–Crippen LogP) is 4.54. The highest BCUT2D eigenvalue weighted by atomic mass is 32.1. The Balaban J connectivity index is 2.28. The molecule has 1 aromatic carbocycles. The Morgan fingerprint density at radius 1 is 1.00 bits per heavy atom. The molecule has 1 nitrogen and oxygen atoms in total. The Hall–Kier alpha value is -1.12. The van der Waals surface area contributed by atoms with Gasteiger partial charge in [0.05, 0.1) is 6.04 Å². The molecule has 2 rings (SSSR count). The molecule has 0 radical (unpaired) electrons. The van der Waals surface area contributed by atoms with E-state index in [0.717, 1.165) is 0 Å². The molecule has 0 saturated carbocycles. The summed E-state index contributed by atoms with van der Waals surface area (Å²) in [7, 11) is 0. The number of rotatable bonds is 3. The van der Waals surface area contributed by atoms with Crippen LogP contribution < -0.4 is 5.73 Å². The first kappa shape index (κ1) is 13.3. The fourth-order valence-corrected chi connectivity index (χ4v) is 3.27. The summed E-state index contributed by atoms with van der Waals surface area (Å²) in [6.45, 7) is 8.69. The molecule has 1 heterocycles. The van der Waals surface area contributed by atoms with E-state index in [1.54, 1.807) is 11.3 Å². The van der Waals surface area contributed by atoms with Crippen molar-refractivity contribution < 1.29 is 0 Å². The molecular weight excluding hydrogens is 238 g/mol. The quantitative estimate of drug-likeness (QED) is 0.860. The van der Waals surface area contributed by atoms with Crippen LogP contribution in [0.1, 0.15) is 52.3 Å². The summed E-state index contributed by atoms with van der Waals surface area (Å²) in [5.41, 5.74) is 10.2. The maximum absolute atomic E-state index is 6.37. The van der Waals surface area contributed by atoms with Crippen LogP contribution in [0.5, 0.6) is 0 Å². The van der Waals surface area contributed by atoms with E-state index in [4.69, 9.17) is 5.73 Å². The van der Waals surface area contributed by atoms with Gasteiger partial charge in [-0.3, -0.25) is 0 Å². The lowest BCUT2D eigenvalue weighted by molar-refractivity contribution is 0.852. The molecule has 96 valence electrons. The van der Waals surface area contributed by atoms with Crippen molar-refractivity contribution in [3.05, 3.63) is 56.8 Å². The third-order valence-corrected chi connectivity index (χ3v) is 4.56. The largest absolute Gasteiger partial charge is 0.320 e. The van der Waals surface area contributed by atoms with Crippen LogP contribution in [0.2, 0.25) is 0 Å². The molecule has 1 aromatic heterocycles. The fourth-order valence-electron chi connectivity index (χ4n) is 2.21. The summed E-state index contributed by atoms with van der Waals surface area (Å²) in [5.74, 6) is 0.570. The Kier molecular flexibility index (Phi) is 3.88. The molecule has 0 aliphatic heterocycles. The Bertz CT molecular complexity index is 523. The number of benzene rings is 1. The van der Waals surface area contributed by atoms with Crippen LogP contribution in [0.15, 0.2) is 30.3 Å². The van der Waals surface area contributed by atoms with E-state index >= 15 is 0 Å². The first-order chi connectivity index (χ1) is 8.49. The van der Waals surface area contributed by atoms with Gasteiger partial charge in [0.2, 0.25) is 0 Å². The van der Waals surface area contributed by atoms with Crippen LogP contribution in [-0.2, 0) is 0 Å². The first-order valence-corrected chi connectivity index (χ1v) is 7.23. The molecule has 0 aliphatic rings. The van der Waals surface area contributed by atoms with Gasteiger partial charge in [-0.05, 0) is 42.5 Å². The van der Waals surface area contributed by atoms with E-state index in [1.165, 1.54) is 26.4 Å². The van der Waals surface area contributed by atoms with Gasteiger partial charge in [0.15, 0.2) is 0 Å². The second-order valence-electron chi connectivity index (χ2n) is 5.20. The summed E-state index contributed by atoms with van der Waals surface area (Å²) in [6, 6.07) is 10.9. The minimum Gasteiger partial charge on any atom is -0.320 e. The number of hydrogen-bond acceptors (Lipinski definition) is 2. The lowest BCUT2D eigenvalue weighted by Gasteiger charge is -2.13. The van der Waals surface area contributed by atoms with E-state index in [-0.39, 0.29) is 6.04 Å². The van der Waals surface area contributed by atoms with Crippen molar-refractivity contribution in [1.29, 1.82) is 0 Å². The third kappa shape index (κ3) is 2.65. The number of nitrogens with two attached hydrogens (primary N) is 1. The number of hydrogen-bond donors (Lipinski definition) is 1. The van der Waals surface area contributed by atoms with Crippen molar-refractivity contribution in [3.63, 3.8) is 0 Å². The molecule has 0 bridgehead atoms. The van der Waals surface area contributed by atoms with Gasteiger partial charge in [-0.15, -0.1) is 11.3 Å². The molecule has 0 amide bonds. The average Bonchev–Trinajstić information content (AvgIpc) is 2.67. The molecule has 2 heteroatoms. The molecular formula is C16H21NS. The summed E-state index contributed by atoms with van der Waals surface area (Å²) in [4.78, 5) is 2.61. The fraction of sp³-hybridized carbons (Fsp3) is 0.375. The molecule has 0 saturated heterocycles. The molecule has 18 heavy (non-hydrogen) atoms. The topological polar surface area (TPSA) is 26.0 Å². The third-order valence-electron chi connectivity index (χ3n) is 3.32. The summed E-state index contributed by atoms with van der Waals surface area (Å²) in [5, 5.41) is 0.